The second-order valence-corrected chi connectivity index (χ2v) is 7.04. The van der Waals surface area contributed by atoms with Crippen LogP contribution in [0.15, 0.2) is 46.4 Å². The molecule has 3 heterocycles. The van der Waals surface area contributed by atoms with Crippen molar-refractivity contribution in [2.75, 3.05) is 22.9 Å². The van der Waals surface area contributed by atoms with Gasteiger partial charge in [0.05, 0.1) is 5.69 Å². The first kappa shape index (κ1) is 18.4. The number of hydrogen-bond donors (Lipinski definition) is 1. The third kappa shape index (κ3) is 3.55. The van der Waals surface area contributed by atoms with Crippen LogP contribution in [0.1, 0.15) is 25.0 Å². The van der Waals surface area contributed by atoms with E-state index in [1.54, 1.807) is 6.07 Å². The van der Waals surface area contributed by atoms with Gasteiger partial charge in [0.25, 0.3) is 11.8 Å². The molecule has 0 bridgehead atoms. The molecule has 0 saturated carbocycles. The lowest BCUT2D eigenvalue weighted by molar-refractivity contribution is -0.122. The number of thiocarbonyl (C=S) groups is 1. The van der Waals surface area contributed by atoms with Crippen LogP contribution in [-0.4, -0.2) is 30.0 Å². The number of furan rings is 1. The summed E-state index contributed by atoms with van der Waals surface area (Å²) in [5, 5.41) is 2.45. The highest BCUT2D eigenvalue weighted by molar-refractivity contribution is 7.80. The van der Waals surface area contributed by atoms with Crippen molar-refractivity contribution in [3.63, 3.8) is 0 Å². The van der Waals surface area contributed by atoms with Crippen molar-refractivity contribution in [2.45, 2.75) is 19.3 Å². The fraction of sp³-hybridized carbons (Fsp3) is 0.250. The topological polar surface area (TPSA) is 65.8 Å². The van der Waals surface area contributed by atoms with E-state index in [0.29, 0.717) is 11.4 Å². The zero-order valence-electron chi connectivity index (χ0n) is 15.0. The van der Waals surface area contributed by atoms with E-state index in [9.17, 15) is 14.0 Å². The first-order valence-electron chi connectivity index (χ1n) is 9.05. The molecule has 0 unspecified atom stereocenters. The number of carbonyl (C=O) groups excluding carboxylic acids is 2. The lowest BCUT2D eigenvalue weighted by Gasteiger charge is -2.28. The first-order chi connectivity index (χ1) is 13.5. The number of nitrogens with one attached hydrogen (secondary N) is 1. The Hall–Kier alpha value is -3.00. The Morgan fingerprint density at radius 2 is 1.75 bits per heavy atom. The maximum absolute atomic E-state index is 13.2. The Morgan fingerprint density at radius 3 is 2.46 bits per heavy atom. The average molecular weight is 399 g/mol. The van der Waals surface area contributed by atoms with Crippen LogP contribution in [0.3, 0.4) is 0 Å². The smallest absolute Gasteiger partial charge is 0.270 e. The highest BCUT2D eigenvalue weighted by Gasteiger charge is 2.34. The zero-order chi connectivity index (χ0) is 19.7. The molecule has 2 amide bonds. The van der Waals surface area contributed by atoms with Gasteiger partial charge in [-0.3, -0.25) is 19.8 Å². The quantitative estimate of drug-likeness (QED) is 0.488. The zero-order valence-corrected chi connectivity index (χ0v) is 15.8. The first-order valence-corrected chi connectivity index (χ1v) is 9.45. The molecule has 28 heavy (non-hydrogen) atoms. The molecular weight excluding hydrogens is 381 g/mol. The highest BCUT2D eigenvalue weighted by Crippen LogP contribution is 2.26. The fourth-order valence-corrected chi connectivity index (χ4v) is 3.61. The number of nitrogens with zero attached hydrogens (tertiary/aromatic N) is 2. The van der Waals surface area contributed by atoms with E-state index in [-0.39, 0.29) is 10.7 Å². The van der Waals surface area contributed by atoms with Gasteiger partial charge in [-0.2, -0.15) is 0 Å². The molecule has 1 N–H and O–H groups in total. The van der Waals surface area contributed by atoms with Crippen LogP contribution in [0.5, 0.6) is 0 Å². The molecule has 1 aromatic heterocycles. The molecule has 144 valence electrons. The van der Waals surface area contributed by atoms with Gasteiger partial charge in [0, 0.05) is 19.2 Å². The van der Waals surface area contributed by atoms with Gasteiger partial charge in [-0.15, -0.1) is 0 Å². The van der Waals surface area contributed by atoms with Crippen molar-refractivity contribution >= 4 is 46.8 Å². The molecule has 0 atom stereocenters. The number of carbonyl (C=O) groups is 2. The number of benzene rings is 1. The minimum absolute atomic E-state index is 0.0489. The molecule has 2 saturated heterocycles. The Kier molecular flexibility index (Phi) is 4.95. The number of piperidine rings is 1. The molecule has 0 aliphatic carbocycles. The van der Waals surface area contributed by atoms with E-state index < -0.39 is 17.6 Å². The monoisotopic (exact) mass is 399 g/mol. The third-order valence-corrected chi connectivity index (χ3v) is 5.04. The van der Waals surface area contributed by atoms with Crippen LogP contribution >= 0.6 is 12.2 Å². The van der Waals surface area contributed by atoms with Crippen LogP contribution in [0.25, 0.3) is 6.08 Å². The molecule has 2 aliphatic heterocycles. The van der Waals surface area contributed by atoms with E-state index in [1.165, 1.54) is 36.8 Å². The summed E-state index contributed by atoms with van der Waals surface area (Å²) in [5.41, 5.74) is 0.271. The summed E-state index contributed by atoms with van der Waals surface area (Å²) >= 11 is 5.13. The SMILES string of the molecule is O=C1NC(=S)N(c2ccc(F)cc2)C(=O)/C1=C\c1ccc(N2CCCCC2)o1. The van der Waals surface area contributed by atoms with Gasteiger partial charge < -0.3 is 9.32 Å². The Balaban J connectivity index is 1.61. The van der Waals surface area contributed by atoms with Gasteiger partial charge in [-0.25, -0.2) is 4.39 Å². The molecule has 6 nitrogen and oxygen atoms in total. The number of amides is 2. The molecule has 0 spiro atoms. The van der Waals surface area contributed by atoms with Crippen LogP contribution in [0.2, 0.25) is 0 Å². The number of anilines is 2. The second kappa shape index (κ2) is 7.55. The van der Waals surface area contributed by atoms with Crippen LogP contribution in [0.4, 0.5) is 16.0 Å². The molecule has 4 rings (SSSR count). The Labute approximate surface area is 166 Å². The van der Waals surface area contributed by atoms with Crippen molar-refractivity contribution < 1.29 is 18.4 Å². The minimum atomic E-state index is -0.593. The summed E-state index contributed by atoms with van der Waals surface area (Å²) in [4.78, 5) is 28.6. The Morgan fingerprint density at radius 1 is 1.04 bits per heavy atom. The average Bonchev–Trinajstić information content (AvgIpc) is 3.16. The summed E-state index contributed by atoms with van der Waals surface area (Å²) < 4.78 is 19.0. The van der Waals surface area contributed by atoms with E-state index in [4.69, 9.17) is 16.6 Å². The predicted octanol–water partition coefficient (Wildman–Crippen LogP) is 3.24. The van der Waals surface area contributed by atoms with E-state index in [2.05, 4.69) is 10.2 Å². The summed E-state index contributed by atoms with van der Waals surface area (Å²) in [6, 6.07) is 8.87. The van der Waals surface area contributed by atoms with Gasteiger partial charge in [0.1, 0.15) is 17.2 Å². The normalized spacial score (nSPS) is 19.3. The van der Waals surface area contributed by atoms with Crippen LogP contribution < -0.4 is 15.1 Å². The number of halogens is 1. The summed E-state index contributed by atoms with van der Waals surface area (Å²) in [7, 11) is 0. The lowest BCUT2D eigenvalue weighted by Crippen LogP contribution is -2.54. The van der Waals surface area contributed by atoms with Crippen molar-refractivity contribution in [1.82, 2.24) is 5.32 Å². The largest absolute Gasteiger partial charge is 0.441 e. The molecular formula is C20H18FN3O3S. The van der Waals surface area contributed by atoms with Gasteiger partial charge in [-0.1, -0.05) is 0 Å². The lowest BCUT2D eigenvalue weighted by atomic mass is 10.1. The molecule has 2 fully saturated rings. The van der Waals surface area contributed by atoms with Crippen molar-refractivity contribution in [2.24, 2.45) is 0 Å². The summed E-state index contributed by atoms with van der Waals surface area (Å²) in [6.07, 6.45) is 4.84. The number of rotatable bonds is 3. The van der Waals surface area contributed by atoms with Gasteiger partial charge in [-0.05, 0) is 67.9 Å². The van der Waals surface area contributed by atoms with Crippen molar-refractivity contribution in [3.8, 4) is 0 Å². The Bertz CT molecular complexity index is 961. The van der Waals surface area contributed by atoms with E-state index in [0.717, 1.165) is 36.7 Å². The summed E-state index contributed by atoms with van der Waals surface area (Å²) in [5.74, 6) is -0.479. The van der Waals surface area contributed by atoms with Crippen LogP contribution in [-0.2, 0) is 9.59 Å². The van der Waals surface area contributed by atoms with Gasteiger partial charge in [0.15, 0.2) is 11.0 Å². The maximum Gasteiger partial charge on any atom is 0.270 e. The van der Waals surface area contributed by atoms with Crippen LogP contribution in [0, 0.1) is 5.82 Å². The molecule has 2 aromatic rings. The highest BCUT2D eigenvalue weighted by atomic mass is 32.1. The molecule has 8 heteroatoms. The third-order valence-electron chi connectivity index (χ3n) is 4.75. The molecule has 0 radical (unpaired) electrons. The van der Waals surface area contributed by atoms with E-state index >= 15 is 0 Å². The minimum Gasteiger partial charge on any atom is -0.441 e. The molecule has 2 aliphatic rings. The second-order valence-electron chi connectivity index (χ2n) is 6.66. The van der Waals surface area contributed by atoms with Crippen molar-refractivity contribution in [3.05, 3.63) is 53.5 Å². The van der Waals surface area contributed by atoms with Gasteiger partial charge in [0.2, 0.25) is 0 Å². The van der Waals surface area contributed by atoms with Crippen molar-refractivity contribution in [1.29, 1.82) is 0 Å². The molecule has 1 aromatic carbocycles. The number of hydrogen-bond acceptors (Lipinski definition) is 5. The van der Waals surface area contributed by atoms with Gasteiger partial charge >= 0.3 is 0 Å². The fourth-order valence-electron chi connectivity index (χ4n) is 3.33. The maximum atomic E-state index is 13.2. The standard InChI is InChI=1S/C20H18FN3O3S/c21-13-4-6-14(7-5-13)24-19(26)16(18(25)22-20(24)28)12-15-8-9-17(27-15)23-10-2-1-3-11-23/h4-9,12H,1-3,10-11H2,(H,22,25,28)/b16-12-. The summed E-state index contributed by atoms with van der Waals surface area (Å²) in [6.45, 7) is 1.85. The predicted molar refractivity (Wildman–Crippen MR) is 107 cm³/mol. The van der Waals surface area contributed by atoms with E-state index in [1.807, 2.05) is 6.07 Å².